The van der Waals surface area contributed by atoms with E-state index in [1.54, 1.807) is 31.2 Å². The van der Waals surface area contributed by atoms with Crippen LogP contribution in [-0.2, 0) is 14.8 Å². The zero-order chi connectivity index (χ0) is 19.9. The van der Waals surface area contributed by atoms with E-state index in [0.717, 1.165) is 5.75 Å². The maximum absolute atomic E-state index is 12.3. The van der Waals surface area contributed by atoms with Crippen molar-refractivity contribution in [2.75, 3.05) is 25.6 Å². The lowest BCUT2D eigenvalue weighted by Gasteiger charge is -2.13. The normalized spacial score (nSPS) is 12.4. The highest BCUT2D eigenvalue weighted by atomic mass is 32.2. The molecule has 0 bridgehead atoms. The molecule has 0 unspecified atom stereocenters. The average molecular weight is 392 g/mol. The lowest BCUT2D eigenvalue weighted by molar-refractivity contribution is 0.102. The number of rotatable bonds is 9. The number of anilines is 1. The van der Waals surface area contributed by atoms with E-state index in [1.807, 2.05) is 6.92 Å². The van der Waals surface area contributed by atoms with Gasteiger partial charge in [0.2, 0.25) is 10.0 Å². The second-order valence-corrected chi connectivity index (χ2v) is 7.63. The van der Waals surface area contributed by atoms with E-state index in [4.69, 9.17) is 9.47 Å². The van der Waals surface area contributed by atoms with Gasteiger partial charge < -0.3 is 14.8 Å². The zero-order valence-electron chi connectivity index (χ0n) is 15.6. The molecule has 0 fully saturated rings. The van der Waals surface area contributed by atoms with E-state index in [1.165, 1.54) is 31.4 Å². The van der Waals surface area contributed by atoms with Gasteiger partial charge in [0.25, 0.3) is 5.91 Å². The fourth-order valence-corrected chi connectivity index (χ4v) is 3.64. The molecule has 2 rings (SSSR count). The molecule has 2 aromatic rings. The van der Waals surface area contributed by atoms with Gasteiger partial charge in [0.15, 0.2) is 0 Å². The first-order chi connectivity index (χ1) is 12.9. The number of methoxy groups -OCH3 is 1. The minimum atomic E-state index is -3.67. The average Bonchev–Trinajstić information content (AvgIpc) is 2.63. The maximum atomic E-state index is 12.3. The summed E-state index contributed by atoms with van der Waals surface area (Å²) in [5.74, 6) is 0.393. The van der Waals surface area contributed by atoms with Gasteiger partial charge in [-0.3, -0.25) is 4.79 Å². The SMILES string of the molecule is CCOc1ccc(NC(=O)c2ccc(S(=O)(=O)N[C@@H](C)COC)cc2)cc1. The predicted octanol–water partition coefficient (Wildman–Crippen LogP) is 2.65. The van der Waals surface area contributed by atoms with Crippen LogP contribution in [0.5, 0.6) is 5.75 Å². The van der Waals surface area contributed by atoms with Gasteiger partial charge in [0.05, 0.1) is 18.1 Å². The Labute approximate surface area is 159 Å². The van der Waals surface area contributed by atoms with Crippen molar-refractivity contribution in [1.29, 1.82) is 0 Å². The molecule has 146 valence electrons. The summed E-state index contributed by atoms with van der Waals surface area (Å²) in [5.41, 5.74) is 0.975. The van der Waals surface area contributed by atoms with Gasteiger partial charge in [-0.1, -0.05) is 0 Å². The molecule has 1 atom stereocenters. The number of hydrogen-bond acceptors (Lipinski definition) is 5. The molecule has 0 spiro atoms. The largest absolute Gasteiger partial charge is 0.494 e. The predicted molar refractivity (Wildman–Crippen MR) is 104 cm³/mol. The first-order valence-electron chi connectivity index (χ1n) is 8.51. The monoisotopic (exact) mass is 392 g/mol. The molecule has 0 aromatic heterocycles. The molecule has 8 heteroatoms. The molecular weight excluding hydrogens is 368 g/mol. The zero-order valence-corrected chi connectivity index (χ0v) is 16.4. The summed E-state index contributed by atoms with van der Waals surface area (Å²) < 4.78 is 37.4. The molecule has 0 aliphatic heterocycles. The number of hydrogen-bond donors (Lipinski definition) is 2. The summed E-state index contributed by atoms with van der Waals surface area (Å²) in [5, 5.41) is 2.76. The summed E-state index contributed by atoms with van der Waals surface area (Å²) in [6, 6.07) is 12.4. The van der Waals surface area contributed by atoms with Crippen LogP contribution in [-0.4, -0.2) is 40.7 Å². The number of amides is 1. The van der Waals surface area contributed by atoms with Crippen molar-refractivity contribution in [3.8, 4) is 5.75 Å². The summed E-state index contributed by atoms with van der Waals surface area (Å²) in [6.07, 6.45) is 0. The van der Waals surface area contributed by atoms with E-state index in [9.17, 15) is 13.2 Å². The number of carbonyl (C=O) groups is 1. The molecule has 0 saturated heterocycles. The Hall–Kier alpha value is -2.42. The van der Waals surface area contributed by atoms with Gasteiger partial charge in [-0.25, -0.2) is 13.1 Å². The Kier molecular flexibility index (Phi) is 7.35. The van der Waals surface area contributed by atoms with Gasteiger partial charge in [-0.2, -0.15) is 0 Å². The molecule has 0 saturated carbocycles. The van der Waals surface area contributed by atoms with E-state index in [2.05, 4.69) is 10.0 Å². The van der Waals surface area contributed by atoms with Crippen LogP contribution in [0.1, 0.15) is 24.2 Å². The Morgan fingerprint density at radius 2 is 1.70 bits per heavy atom. The van der Waals surface area contributed by atoms with E-state index in [-0.39, 0.29) is 23.5 Å². The Morgan fingerprint density at radius 1 is 1.07 bits per heavy atom. The Bertz CT molecular complexity index is 849. The van der Waals surface area contributed by atoms with Crippen LogP contribution in [0, 0.1) is 0 Å². The number of ether oxygens (including phenoxy) is 2. The van der Waals surface area contributed by atoms with Crippen molar-refractivity contribution in [2.45, 2.75) is 24.8 Å². The van der Waals surface area contributed by atoms with Crippen LogP contribution in [0.25, 0.3) is 0 Å². The van der Waals surface area contributed by atoms with Crippen LogP contribution in [0.3, 0.4) is 0 Å². The third-order valence-electron chi connectivity index (χ3n) is 3.62. The minimum absolute atomic E-state index is 0.0862. The molecular formula is C19H24N2O5S. The number of carbonyl (C=O) groups excluding carboxylic acids is 1. The van der Waals surface area contributed by atoms with Crippen LogP contribution < -0.4 is 14.8 Å². The molecule has 7 nitrogen and oxygen atoms in total. The second-order valence-electron chi connectivity index (χ2n) is 5.91. The highest BCUT2D eigenvalue weighted by molar-refractivity contribution is 7.89. The van der Waals surface area contributed by atoms with E-state index in [0.29, 0.717) is 17.9 Å². The summed E-state index contributed by atoms with van der Waals surface area (Å²) >= 11 is 0. The first-order valence-corrected chi connectivity index (χ1v) is 9.99. The third kappa shape index (κ3) is 6.06. The van der Waals surface area contributed by atoms with Crippen LogP contribution in [0.4, 0.5) is 5.69 Å². The first kappa shape index (κ1) is 20.9. The Morgan fingerprint density at radius 3 is 2.26 bits per heavy atom. The lowest BCUT2D eigenvalue weighted by atomic mass is 10.2. The van der Waals surface area contributed by atoms with Crippen molar-refractivity contribution in [3.63, 3.8) is 0 Å². The van der Waals surface area contributed by atoms with Gasteiger partial charge in [0, 0.05) is 24.4 Å². The molecule has 0 radical (unpaired) electrons. The second kappa shape index (κ2) is 9.50. The molecule has 27 heavy (non-hydrogen) atoms. The molecule has 2 N–H and O–H groups in total. The van der Waals surface area contributed by atoms with Gasteiger partial charge in [-0.15, -0.1) is 0 Å². The molecule has 0 heterocycles. The number of benzene rings is 2. The highest BCUT2D eigenvalue weighted by Gasteiger charge is 2.18. The molecule has 0 aliphatic rings. The summed E-state index contributed by atoms with van der Waals surface area (Å²) in [4.78, 5) is 12.4. The molecule has 0 aliphatic carbocycles. The van der Waals surface area contributed by atoms with Crippen LogP contribution in [0.2, 0.25) is 0 Å². The summed E-state index contributed by atoms with van der Waals surface area (Å²) in [6.45, 7) is 4.44. The van der Waals surface area contributed by atoms with Crippen LogP contribution in [0.15, 0.2) is 53.4 Å². The highest BCUT2D eigenvalue weighted by Crippen LogP contribution is 2.17. The van der Waals surface area contributed by atoms with Crippen molar-refractivity contribution >= 4 is 21.6 Å². The van der Waals surface area contributed by atoms with Gasteiger partial charge in [0.1, 0.15) is 5.75 Å². The maximum Gasteiger partial charge on any atom is 0.255 e. The van der Waals surface area contributed by atoms with Crippen molar-refractivity contribution in [1.82, 2.24) is 4.72 Å². The molecule has 1 amide bonds. The lowest BCUT2D eigenvalue weighted by Crippen LogP contribution is -2.35. The molecule has 2 aromatic carbocycles. The smallest absolute Gasteiger partial charge is 0.255 e. The fraction of sp³-hybridized carbons (Fsp3) is 0.316. The minimum Gasteiger partial charge on any atom is -0.494 e. The number of sulfonamides is 1. The van der Waals surface area contributed by atoms with Gasteiger partial charge >= 0.3 is 0 Å². The van der Waals surface area contributed by atoms with E-state index < -0.39 is 10.0 Å². The van der Waals surface area contributed by atoms with Gasteiger partial charge in [-0.05, 0) is 62.4 Å². The fourth-order valence-electron chi connectivity index (χ4n) is 2.41. The topological polar surface area (TPSA) is 93.7 Å². The van der Waals surface area contributed by atoms with E-state index >= 15 is 0 Å². The van der Waals surface area contributed by atoms with Crippen molar-refractivity contribution in [2.24, 2.45) is 0 Å². The van der Waals surface area contributed by atoms with Crippen LogP contribution >= 0.6 is 0 Å². The third-order valence-corrected chi connectivity index (χ3v) is 5.23. The quantitative estimate of drug-likeness (QED) is 0.684. The number of nitrogens with one attached hydrogen (secondary N) is 2. The standard InChI is InChI=1S/C19H24N2O5S/c1-4-26-17-9-7-16(8-10-17)20-19(22)15-5-11-18(12-6-15)27(23,24)21-14(2)13-25-3/h5-12,14,21H,4,13H2,1-3H3,(H,20,22)/t14-/m0/s1. The Balaban J connectivity index is 2.04. The van der Waals surface area contributed by atoms with Crippen molar-refractivity contribution in [3.05, 3.63) is 54.1 Å². The summed E-state index contributed by atoms with van der Waals surface area (Å²) in [7, 11) is -2.17. The van der Waals surface area contributed by atoms with Crippen molar-refractivity contribution < 1.29 is 22.7 Å².